The van der Waals surface area contributed by atoms with Crippen LogP contribution in [0.2, 0.25) is 0 Å². The van der Waals surface area contributed by atoms with Gasteiger partial charge in [0, 0.05) is 6.92 Å². The lowest BCUT2D eigenvalue weighted by molar-refractivity contribution is -0.270. The number of nitrogens with one attached hydrogen (secondary N) is 1. The van der Waals surface area contributed by atoms with Gasteiger partial charge in [-0.1, -0.05) is 0 Å². The van der Waals surface area contributed by atoms with Gasteiger partial charge >= 0.3 is 5.97 Å². The molecule has 0 aromatic carbocycles. The van der Waals surface area contributed by atoms with Crippen LogP contribution in [0, 0.1) is 0 Å². The van der Waals surface area contributed by atoms with Gasteiger partial charge in [-0.05, 0) is 0 Å². The summed E-state index contributed by atoms with van der Waals surface area (Å²) in [5, 5.41) is 39.8. The van der Waals surface area contributed by atoms with Gasteiger partial charge in [-0.2, -0.15) is 0 Å². The van der Waals surface area contributed by atoms with E-state index in [0.29, 0.717) is 0 Å². The Bertz CT molecular complexity index is 379. The van der Waals surface area contributed by atoms with E-state index < -0.39 is 61.8 Å². The fraction of sp³-hybridized carbons (Fsp3) is 0.818. The average Bonchev–Trinajstić information content (AvgIpc) is 2.42. The van der Waals surface area contributed by atoms with Crippen LogP contribution in [0.4, 0.5) is 0 Å². The fourth-order valence-corrected chi connectivity index (χ4v) is 1.88. The van der Waals surface area contributed by atoms with Gasteiger partial charge in [-0.3, -0.25) is 9.59 Å². The minimum Gasteiger partial charge on any atom is -0.480 e. The second-order valence-electron chi connectivity index (χ2n) is 4.71. The quantitative estimate of drug-likeness (QED) is 0.289. The first-order valence-corrected chi connectivity index (χ1v) is 6.27. The van der Waals surface area contributed by atoms with E-state index in [1.165, 1.54) is 6.92 Å². The lowest BCUT2D eigenvalue weighted by Gasteiger charge is -2.42. The highest BCUT2D eigenvalue weighted by molar-refractivity contribution is 5.73. The molecule has 6 atom stereocenters. The van der Waals surface area contributed by atoms with Crippen molar-refractivity contribution >= 4 is 11.9 Å². The van der Waals surface area contributed by atoms with E-state index in [-0.39, 0.29) is 0 Å². The summed E-state index contributed by atoms with van der Waals surface area (Å²) in [6.07, 6.45) is -5.27. The monoisotopic (exact) mass is 308 g/mol. The molecule has 6 unspecified atom stereocenters. The lowest BCUT2D eigenvalue weighted by atomic mass is 9.97. The third-order valence-electron chi connectivity index (χ3n) is 3.01. The molecule has 0 spiro atoms. The summed E-state index contributed by atoms with van der Waals surface area (Å²) < 4.78 is 10.4. The summed E-state index contributed by atoms with van der Waals surface area (Å²) in [5.74, 6) is -1.80. The van der Waals surface area contributed by atoms with Crippen LogP contribution in [0.3, 0.4) is 0 Å². The maximum Gasteiger partial charge on any atom is 0.322 e. The molecule has 1 aliphatic rings. The first-order chi connectivity index (χ1) is 9.77. The van der Waals surface area contributed by atoms with Gasteiger partial charge in [0.25, 0.3) is 0 Å². The van der Waals surface area contributed by atoms with E-state index in [2.05, 4.69) is 5.32 Å². The fourth-order valence-electron chi connectivity index (χ4n) is 1.88. The topological polar surface area (TPSA) is 172 Å². The smallest absolute Gasteiger partial charge is 0.322 e. The highest BCUT2D eigenvalue weighted by Gasteiger charge is 2.45. The molecule has 0 aromatic heterocycles. The van der Waals surface area contributed by atoms with Gasteiger partial charge in [0.15, 0.2) is 6.29 Å². The average molecular weight is 308 g/mol. The van der Waals surface area contributed by atoms with Crippen molar-refractivity contribution in [2.24, 2.45) is 5.73 Å². The van der Waals surface area contributed by atoms with Crippen molar-refractivity contribution in [3.05, 3.63) is 0 Å². The largest absolute Gasteiger partial charge is 0.480 e. The molecule has 7 N–H and O–H groups in total. The number of carboxylic acids is 1. The van der Waals surface area contributed by atoms with Crippen molar-refractivity contribution in [1.29, 1.82) is 0 Å². The Morgan fingerprint density at radius 2 is 2.00 bits per heavy atom. The molecule has 0 bridgehead atoms. The number of aliphatic hydroxyl groups excluding tert-OH is 3. The predicted octanol–water partition coefficient (Wildman–Crippen LogP) is -3.64. The summed E-state index contributed by atoms with van der Waals surface area (Å²) in [6, 6.07) is -2.44. The number of hydrogen-bond acceptors (Lipinski definition) is 8. The van der Waals surface area contributed by atoms with Crippen molar-refractivity contribution in [2.45, 2.75) is 43.6 Å². The highest BCUT2D eigenvalue weighted by atomic mass is 16.7. The molecule has 1 rings (SSSR count). The number of aliphatic hydroxyl groups is 3. The first-order valence-electron chi connectivity index (χ1n) is 6.27. The predicted molar refractivity (Wildman–Crippen MR) is 66.9 cm³/mol. The molecule has 1 heterocycles. The summed E-state index contributed by atoms with van der Waals surface area (Å²) in [4.78, 5) is 21.7. The number of ether oxygens (including phenoxy) is 2. The van der Waals surface area contributed by atoms with Gasteiger partial charge in [0.1, 0.15) is 30.4 Å². The van der Waals surface area contributed by atoms with E-state index >= 15 is 0 Å². The summed E-state index contributed by atoms with van der Waals surface area (Å²) >= 11 is 0. The van der Waals surface area contributed by atoms with Gasteiger partial charge in [-0.25, -0.2) is 0 Å². The molecule has 0 aromatic rings. The molecular formula is C11H20N2O8. The summed E-state index contributed by atoms with van der Waals surface area (Å²) in [7, 11) is 0. The number of rotatable bonds is 6. The molecule has 1 aliphatic heterocycles. The number of nitrogens with two attached hydrogens (primary N) is 1. The van der Waals surface area contributed by atoms with E-state index in [9.17, 15) is 19.8 Å². The Balaban J connectivity index is 2.78. The molecule has 21 heavy (non-hydrogen) atoms. The Hall–Kier alpha value is -1.30. The normalized spacial score (nSPS) is 34.2. The molecule has 0 saturated carbocycles. The Kier molecular flexibility index (Phi) is 6.45. The minimum absolute atomic E-state index is 0.433. The Morgan fingerprint density at radius 1 is 1.38 bits per heavy atom. The van der Waals surface area contributed by atoms with Crippen LogP contribution >= 0.6 is 0 Å². The second-order valence-corrected chi connectivity index (χ2v) is 4.71. The van der Waals surface area contributed by atoms with E-state index in [1.807, 2.05) is 0 Å². The number of carbonyl (C=O) groups excluding carboxylic acids is 1. The number of hydrogen-bond donors (Lipinski definition) is 6. The van der Waals surface area contributed by atoms with E-state index in [4.69, 9.17) is 25.4 Å². The minimum atomic E-state index is -1.45. The van der Waals surface area contributed by atoms with Gasteiger partial charge in [-0.15, -0.1) is 0 Å². The van der Waals surface area contributed by atoms with Crippen LogP contribution in [0.5, 0.6) is 0 Å². The maximum absolute atomic E-state index is 11.1. The van der Waals surface area contributed by atoms with Crippen LogP contribution in [-0.2, 0) is 19.1 Å². The van der Waals surface area contributed by atoms with Crippen molar-refractivity contribution < 1.29 is 39.5 Å². The van der Waals surface area contributed by atoms with E-state index in [1.54, 1.807) is 0 Å². The zero-order chi connectivity index (χ0) is 16.2. The maximum atomic E-state index is 11.1. The summed E-state index contributed by atoms with van der Waals surface area (Å²) in [6.45, 7) is 0.171. The summed E-state index contributed by atoms with van der Waals surface area (Å²) in [5.41, 5.74) is 5.28. The third kappa shape index (κ3) is 4.59. The number of carboxylic acid groups (broad SMARTS) is 1. The number of carbonyl (C=O) groups is 2. The van der Waals surface area contributed by atoms with E-state index in [0.717, 1.165) is 0 Å². The third-order valence-corrected chi connectivity index (χ3v) is 3.01. The van der Waals surface area contributed by atoms with Gasteiger partial charge < -0.3 is 41.0 Å². The zero-order valence-corrected chi connectivity index (χ0v) is 11.4. The second kappa shape index (κ2) is 7.64. The number of aliphatic carboxylic acids is 1. The van der Waals surface area contributed by atoms with Crippen LogP contribution in [0.25, 0.3) is 0 Å². The van der Waals surface area contributed by atoms with Crippen molar-refractivity contribution in [3.63, 3.8) is 0 Å². The Labute approximate surface area is 120 Å². The molecule has 122 valence electrons. The zero-order valence-electron chi connectivity index (χ0n) is 11.4. The Morgan fingerprint density at radius 3 is 2.48 bits per heavy atom. The SMILES string of the molecule is CC(=O)NC1C(OCC(N)C(=O)O)OC(CO)C(O)C1O. The molecule has 1 fully saturated rings. The van der Waals surface area contributed by atoms with Gasteiger partial charge in [0.05, 0.1) is 13.2 Å². The molecule has 10 nitrogen and oxygen atoms in total. The van der Waals surface area contributed by atoms with Crippen molar-refractivity contribution in [2.75, 3.05) is 13.2 Å². The molecule has 10 heteroatoms. The highest BCUT2D eigenvalue weighted by Crippen LogP contribution is 2.22. The molecule has 1 amide bonds. The molecule has 0 aliphatic carbocycles. The van der Waals surface area contributed by atoms with Crippen molar-refractivity contribution in [1.82, 2.24) is 5.32 Å². The molecule has 1 saturated heterocycles. The van der Waals surface area contributed by atoms with Crippen molar-refractivity contribution in [3.8, 4) is 0 Å². The molecular weight excluding hydrogens is 288 g/mol. The van der Waals surface area contributed by atoms with Crippen LogP contribution in [-0.4, -0.2) is 82.2 Å². The van der Waals surface area contributed by atoms with Gasteiger partial charge in [0.2, 0.25) is 5.91 Å². The molecule has 0 radical (unpaired) electrons. The van der Waals surface area contributed by atoms with Crippen LogP contribution in [0.1, 0.15) is 6.92 Å². The van der Waals surface area contributed by atoms with Crippen LogP contribution in [0.15, 0.2) is 0 Å². The lowest BCUT2D eigenvalue weighted by Crippen LogP contribution is -2.64. The first kappa shape index (κ1) is 17.8. The van der Waals surface area contributed by atoms with Crippen LogP contribution < -0.4 is 11.1 Å². The number of amides is 1. The standard InChI is InChI=1S/C11H20N2O8/c1-4(15)13-7-9(17)8(16)6(2-14)21-11(7)20-3-5(12)10(18)19/h5-9,11,14,16-17H,2-3,12H2,1H3,(H,13,15)(H,18,19).